The summed E-state index contributed by atoms with van der Waals surface area (Å²) >= 11 is 0. The molecule has 0 unspecified atom stereocenters. The van der Waals surface area contributed by atoms with Crippen LogP contribution in [-0.4, -0.2) is 36.4 Å². The smallest absolute Gasteiger partial charge is 0.222 e. The lowest BCUT2D eigenvalue weighted by atomic mass is 10.1. The van der Waals surface area contributed by atoms with Crippen molar-refractivity contribution in [3.8, 4) is 0 Å². The molecule has 0 saturated heterocycles. The number of aliphatic hydroxyl groups is 1. The number of rotatable bonds is 6. The number of aliphatic hydroxyl groups excluding tert-OH is 1. The summed E-state index contributed by atoms with van der Waals surface area (Å²) in [5, 5.41) is 11.8. The van der Waals surface area contributed by atoms with Crippen molar-refractivity contribution in [2.45, 2.75) is 38.8 Å². The molecule has 0 spiro atoms. The fourth-order valence-corrected chi connectivity index (χ4v) is 1.68. The van der Waals surface area contributed by atoms with Crippen molar-refractivity contribution in [3.63, 3.8) is 0 Å². The van der Waals surface area contributed by atoms with E-state index in [9.17, 15) is 4.79 Å². The summed E-state index contributed by atoms with van der Waals surface area (Å²) in [6, 6.07) is 0.0729. The Hall–Kier alpha value is -0.870. The first-order valence-corrected chi connectivity index (χ1v) is 5.82. The van der Waals surface area contributed by atoms with E-state index in [4.69, 9.17) is 9.84 Å². The van der Waals surface area contributed by atoms with Gasteiger partial charge in [0, 0.05) is 25.0 Å². The van der Waals surface area contributed by atoms with Crippen LogP contribution >= 0.6 is 0 Å². The van der Waals surface area contributed by atoms with Gasteiger partial charge in [-0.3, -0.25) is 4.79 Å². The average molecular weight is 227 g/mol. The van der Waals surface area contributed by atoms with E-state index in [0.717, 1.165) is 6.42 Å². The second kappa shape index (κ2) is 6.66. The van der Waals surface area contributed by atoms with Gasteiger partial charge in [-0.15, -0.1) is 0 Å². The molecule has 2 N–H and O–H groups in total. The summed E-state index contributed by atoms with van der Waals surface area (Å²) in [5.41, 5.74) is 0. The molecule has 1 amide bonds. The lowest BCUT2D eigenvalue weighted by Crippen LogP contribution is -2.33. The van der Waals surface area contributed by atoms with Crippen molar-refractivity contribution in [3.05, 3.63) is 12.2 Å². The van der Waals surface area contributed by atoms with E-state index in [-0.39, 0.29) is 30.6 Å². The Morgan fingerprint density at radius 1 is 1.56 bits per heavy atom. The number of nitrogens with one attached hydrogen (secondary N) is 1. The molecule has 16 heavy (non-hydrogen) atoms. The molecule has 1 aliphatic rings. The Balaban J connectivity index is 2.13. The van der Waals surface area contributed by atoms with Gasteiger partial charge in [0.25, 0.3) is 0 Å². The van der Waals surface area contributed by atoms with Crippen molar-refractivity contribution in [1.82, 2.24) is 5.32 Å². The number of carbonyl (C=O) groups excluding carboxylic acids is 1. The third kappa shape index (κ3) is 4.77. The number of carbonyl (C=O) groups is 1. The quantitative estimate of drug-likeness (QED) is 0.661. The zero-order valence-corrected chi connectivity index (χ0v) is 9.98. The van der Waals surface area contributed by atoms with Crippen LogP contribution in [0.3, 0.4) is 0 Å². The van der Waals surface area contributed by atoms with Crippen LogP contribution in [0.4, 0.5) is 0 Å². The molecule has 0 bridgehead atoms. The van der Waals surface area contributed by atoms with E-state index in [1.165, 1.54) is 0 Å². The van der Waals surface area contributed by atoms with Gasteiger partial charge in [-0.25, -0.2) is 0 Å². The summed E-state index contributed by atoms with van der Waals surface area (Å²) in [6.45, 7) is 4.51. The Morgan fingerprint density at radius 3 is 2.88 bits per heavy atom. The first-order valence-electron chi connectivity index (χ1n) is 5.82. The van der Waals surface area contributed by atoms with Crippen LogP contribution in [0.5, 0.6) is 0 Å². The molecule has 0 aromatic rings. The van der Waals surface area contributed by atoms with Crippen LogP contribution in [-0.2, 0) is 9.53 Å². The molecule has 0 saturated carbocycles. The highest BCUT2D eigenvalue weighted by atomic mass is 16.5. The van der Waals surface area contributed by atoms with Crippen LogP contribution in [0, 0.1) is 5.92 Å². The third-order valence-electron chi connectivity index (χ3n) is 2.53. The van der Waals surface area contributed by atoms with Crippen molar-refractivity contribution in [1.29, 1.82) is 0 Å². The second-order valence-electron chi connectivity index (χ2n) is 4.41. The van der Waals surface area contributed by atoms with Gasteiger partial charge in [0.1, 0.15) is 0 Å². The van der Waals surface area contributed by atoms with Gasteiger partial charge < -0.3 is 15.2 Å². The Bertz CT molecular complexity index is 251. The molecule has 4 heteroatoms. The van der Waals surface area contributed by atoms with Gasteiger partial charge in [-0.05, 0) is 20.3 Å². The zero-order valence-electron chi connectivity index (χ0n) is 9.98. The number of hydrogen-bond donors (Lipinski definition) is 2. The summed E-state index contributed by atoms with van der Waals surface area (Å²) in [6.07, 6.45) is 5.26. The minimum atomic E-state index is 0.00823. The number of ether oxygens (including phenoxy) is 1. The van der Waals surface area contributed by atoms with Crippen LogP contribution in [0.1, 0.15) is 26.7 Å². The fraction of sp³-hybridized carbons (Fsp3) is 0.750. The Labute approximate surface area is 96.7 Å². The van der Waals surface area contributed by atoms with E-state index in [0.29, 0.717) is 13.0 Å². The van der Waals surface area contributed by atoms with Gasteiger partial charge in [-0.1, -0.05) is 12.2 Å². The Kier molecular flexibility index (Phi) is 5.49. The summed E-state index contributed by atoms with van der Waals surface area (Å²) in [7, 11) is 0. The molecule has 0 aliphatic heterocycles. The average Bonchev–Trinajstić information content (AvgIpc) is 2.65. The standard InChI is InChI=1S/C12H21NO3/c1-9(2)16-6-5-12(15)13-11-4-3-10(7-11)8-14/h3-4,9-11,14H,5-8H2,1-2H3,(H,13,15)/t10-,11+/m0/s1. The van der Waals surface area contributed by atoms with Crippen molar-refractivity contribution in [2.24, 2.45) is 5.92 Å². The third-order valence-corrected chi connectivity index (χ3v) is 2.53. The summed E-state index contributed by atoms with van der Waals surface area (Å²) < 4.78 is 5.30. The highest BCUT2D eigenvalue weighted by Crippen LogP contribution is 2.16. The van der Waals surface area contributed by atoms with E-state index < -0.39 is 0 Å². The zero-order chi connectivity index (χ0) is 12.0. The molecule has 0 aromatic heterocycles. The predicted octanol–water partition coefficient (Wildman–Crippen LogP) is 0.855. The molecular formula is C12H21NO3. The van der Waals surface area contributed by atoms with Crippen molar-refractivity contribution < 1.29 is 14.6 Å². The highest BCUT2D eigenvalue weighted by molar-refractivity contribution is 5.76. The molecule has 0 aromatic carbocycles. The molecule has 92 valence electrons. The SMILES string of the molecule is CC(C)OCCC(=O)N[C@@H]1C=C[C@H](CO)C1. The summed E-state index contributed by atoms with van der Waals surface area (Å²) in [5.74, 6) is 0.200. The molecule has 0 radical (unpaired) electrons. The van der Waals surface area contributed by atoms with E-state index in [1.807, 2.05) is 26.0 Å². The lowest BCUT2D eigenvalue weighted by molar-refractivity contribution is -0.122. The fourth-order valence-electron chi connectivity index (χ4n) is 1.68. The number of hydrogen-bond acceptors (Lipinski definition) is 3. The minimum Gasteiger partial charge on any atom is -0.396 e. The molecule has 0 heterocycles. The van der Waals surface area contributed by atoms with Gasteiger partial charge in [0.15, 0.2) is 0 Å². The second-order valence-corrected chi connectivity index (χ2v) is 4.41. The van der Waals surface area contributed by atoms with Gasteiger partial charge in [0.2, 0.25) is 5.91 Å². The van der Waals surface area contributed by atoms with Crippen LogP contribution in [0.15, 0.2) is 12.2 Å². The minimum absolute atomic E-state index is 0.00823. The first kappa shape index (κ1) is 13.2. The topological polar surface area (TPSA) is 58.6 Å². The molecule has 2 atom stereocenters. The van der Waals surface area contributed by atoms with Crippen LogP contribution < -0.4 is 5.32 Å². The molecule has 1 rings (SSSR count). The van der Waals surface area contributed by atoms with Gasteiger partial charge in [-0.2, -0.15) is 0 Å². The lowest BCUT2D eigenvalue weighted by Gasteiger charge is -2.13. The first-order chi connectivity index (χ1) is 7.61. The monoisotopic (exact) mass is 227 g/mol. The van der Waals surface area contributed by atoms with E-state index >= 15 is 0 Å². The maximum absolute atomic E-state index is 11.5. The van der Waals surface area contributed by atoms with Crippen LogP contribution in [0.25, 0.3) is 0 Å². The van der Waals surface area contributed by atoms with Crippen molar-refractivity contribution in [2.75, 3.05) is 13.2 Å². The number of amides is 1. The molecule has 1 aliphatic carbocycles. The molecule has 0 fully saturated rings. The van der Waals surface area contributed by atoms with Gasteiger partial charge >= 0.3 is 0 Å². The van der Waals surface area contributed by atoms with E-state index in [2.05, 4.69) is 5.32 Å². The normalized spacial score (nSPS) is 24.0. The van der Waals surface area contributed by atoms with Crippen LogP contribution in [0.2, 0.25) is 0 Å². The summed E-state index contributed by atoms with van der Waals surface area (Å²) in [4.78, 5) is 11.5. The molecular weight excluding hydrogens is 206 g/mol. The largest absolute Gasteiger partial charge is 0.396 e. The maximum Gasteiger partial charge on any atom is 0.222 e. The Morgan fingerprint density at radius 2 is 2.31 bits per heavy atom. The van der Waals surface area contributed by atoms with E-state index in [1.54, 1.807) is 0 Å². The predicted molar refractivity (Wildman–Crippen MR) is 62.0 cm³/mol. The molecule has 4 nitrogen and oxygen atoms in total. The maximum atomic E-state index is 11.5. The highest BCUT2D eigenvalue weighted by Gasteiger charge is 2.19. The van der Waals surface area contributed by atoms with Gasteiger partial charge in [0.05, 0.1) is 12.7 Å². The van der Waals surface area contributed by atoms with Crippen molar-refractivity contribution >= 4 is 5.91 Å².